The zero-order chi connectivity index (χ0) is 24.5. The number of Topliss-reactive ketones (excluding diaryl/α,β-unsaturated/α-hetero) is 2. The number of nitrogens with one attached hydrogen (secondary N) is 1. The topological polar surface area (TPSA) is 75.7 Å². The van der Waals surface area contributed by atoms with Gasteiger partial charge in [-0.15, -0.1) is 0 Å². The fourth-order valence-corrected chi connectivity index (χ4v) is 3.99. The number of pyridine rings is 1. The number of H-pyrrole nitrogens is 1. The van der Waals surface area contributed by atoms with E-state index in [1.54, 1.807) is 30.5 Å². The van der Waals surface area contributed by atoms with Crippen LogP contribution in [0, 0.1) is 5.41 Å². The summed E-state index contributed by atoms with van der Waals surface area (Å²) in [5, 5.41) is 0.971. The first-order valence-corrected chi connectivity index (χ1v) is 11.8. The normalized spacial score (nSPS) is 11.7. The minimum atomic E-state index is -0.375. The van der Waals surface area contributed by atoms with Crippen molar-refractivity contribution >= 4 is 45.8 Å². The molecule has 0 bridgehead atoms. The molecule has 2 aromatic carbocycles. The largest absolute Gasteiger partial charge is 0.337 e. The van der Waals surface area contributed by atoms with Crippen molar-refractivity contribution < 1.29 is 9.59 Å². The van der Waals surface area contributed by atoms with Crippen molar-refractivity contribution in [3.05, 3.63) is 81.5 Å². The molecular formula is C27H25Cl2N3O2. The lowest BCUT2D eigenvalue weighted by Crippen LogP contribution is -2.20. The van der Waals surface area contributed by atoms with E-state index in [-0.39, 0.29) is 23.4 Å². The maximum atomic E-state index is 13.1. The Kier molecular flexibility index (Phi) is 6.87. The van der Waals surface area contributed by atoms with Crippen LogP contribution in [0.15, 0.2) is 54.7 Å². The molecule has 0 spiro atoms. The minimum absolute atomic E-state index is 0.0764. The van der Waals surface area contributed by atoms with Crippen LogP contribution < -0.4 is 0 Å². The molecule has 0 saturated heterocycles. The number of hydrogen-bond acceptors (Lipinski definition) is 4. The summed E-state index contributed by atoms with van der Waals surface area (Å²) in [6.45, 7) is 5.74. The van der Waals surface area contributed by atoms with Gasteiger partial charge >= 0.3 is 0 Å². The number of aromatic amines is 1. The van der Waals surface area contributed by atoms with Crippen molar-refractivity contribution in [1.29, 1.82) is 0 Å². The van der Waals surface area contributed by atoms with Crippen molar-refractivity contribution in [2.45, 2.75) is 40.0 Å². The third-order valence-corrected chi connectivity index (χ3v) is 6.24. The molecule has 0 saturated carbocycles. The molecule has 0 aliphatic rings. The fourth-order valence-electron chi connectivity index (χ4n) is 3.66. The Morgan fingerprint density at radius 3 is 2.44 bits per heavy atom. The number of aromatic nitrogens is 3. The number of fused-ring (bicyclic) bond motifs is 1. The molecule has 0 aliphatic carbocycles. The Labute approximate surface area is 208 Å². The highest BCUT2D eigenvalue weighted by atomic mass is 35.5. The summed E-state index contributed by atoms with van der Waals surface area (Å²) >= 11 is 12.3. The lowest BCUT2D eigenvalue weighted by Gasteiger charge is -2.16. The Hall–Kier alpha value is -3.02. The number of nitrogens with zero attached hydrogens (tertiary/aromatic N) is 2. The average molecular weight is 494 g/mol. The Morgan fingerprint density at radius 2 is 1.74 bits per heavy atom. The van der Waals surface area contributed by atoms with Crippen LogP contribution in [0.3, 0.4) is 0 Å². The zero-order valence-corrected chi connectivity index (χ0v) is 20.8. The van der Waals surface area contributed by atoms with E-state index in [2.05, 4.69) is 15.0 Å². The molecule has 2 aromatic heterocycles. The van der Waals surface area contributed by atoms with E-state index in [4.69, 9.17) is 23.2 Å². The molecule has 7 heteroatoms. The third kappa shape index (κ3) is 5.54. The Bertz CT molecular complexity index is 1370. The molecular weight excluding hydrogens is 469 g/mol. The molecule has 0 amide bonds. The van der Waals surface area contributed by atoms with Gasteiger partial charge in [-0.3, -0.25) is 14.6 Å². The van der Waals surface area contributed by atoms with E-state index in [1.165, 1.54) is 0 Å². The number of imidazole rings is 1. The van der Waals surface area contributed by atoms with Gasteiger partial charge in [-0.25, -0.2) is 4.98 Å². The maximum absolute atomic E-state index is 13.1. The number of aryl methyl sites for hydroxylation is 1. The van der Waals surface area contributed by atoms with Crippen molar-refractivity contribution in [2.24, 2.45) is 5.41 Å². The first-order valence-electron chi connectivity index (χ1n) is 11.1. The number of carbonyl (C=O) groups is 2. The van der Waals surface area contributed by atoms with Crippen LogP contribution in [0.4, 0.5) is 0 Å². The number of benzene rings is 2. The summed E-state index contributed by atoms with van der Waals surface area (Å²) in [7, 11) is 0. The first kappa shape index (κ1) is 24.1. The molecule has 0 aliphatic heterocycles. The lowest BCUT2D eigenvalue weighted by molar-refractivity contribution is -0.126. The quantitative estimate of drug-likeness (QED) is 0.284. The predicted molar refractivity (Wildman–Crippen MR) is 137 cm³/mol. The van der Waals surface area contributed by atoms with E-state index >= 15 is 0 Å². The van der Waals surface area contributed by atoms with Gasteiger partial charge in [0.05, 0.1) is 21.1 Å². The molecule has 0 fully saturated rings. The second kappa shape index (κ2) is 9.69. The van der Waals surface area contributed by atoms with Crippen LogP contribution in [-0.2, 0) is 17.6 Å². The number of hydrogen-bond donors (Lipinski definition) is 1. The highest BCUT2D eigenvalue weighted by Crippen LogP contribution is 2.25. The molecule has 0 unspecified atom stereocenters. The molecule has 174 valence electrons. The van der Waals surface area contributed by atoms with Gasteiger partial charge in [0.1, 0.15) is 11.5 Å². The molecule has 4 rings (SSSR count). The molecule has 1 N–H and O–H groups in total. The minimum Gasteiger partial charge on any atom is -0.337 e. The van der Waals surface area contributed by atoms with Gasteiger partial charge in [-0.05, 0) is 53.9 Å². The summed E-state index contributed by atoms with van der Waals surface area (Å²) in [4.78, 5) is 37.5. The average Bonchev–Trinajstić information content (AvgIpc) is 3.21. The van der Waals surface area contributed by atoms with E-state index in [0.29, 0.717) is 40.0 Å². The van der Waals surface area contributed by atoms with E-state index in [1.807, 2.05) is 45.0 Å². The number of rotatable bonds is 7. The van der Waals surface area contributed by atoms with Gasteiger partial charge in [-0.1, -0.05) is 56.1 Å². The molecule has 4 aromatic rings. The van der Waals surface area contributed by atoms with Crippen LogP contribution in [0.25, 0.3) is 22.6 Å². The van der Waals surface area contributed by atoms with Gasteiger partial charge < -0.3 is 4.98 Å². The summed E-state index contributed by atoms with van der Waals surface area (Å²) < 4.78 is 0. The SMILES string of the molecule is CC(C)(C)C(=O)CCc1ccc(Cl)c(C(=O)Cc2ccc3nc(-c4ccc(Cl)cn4)[nH]c3c2)c1. The number of carbonyl (C=O) groups excluding carboxylic acids is 2. The molecule has 34 heavy (non-hydrogen) atoms. The second-order valence-electron chi connectivity index (χ2n) is 9.39. The van der Waals surface area contributed by atoms with Gasteiger partial charge in [0.25, 0.3) is 0 Å². The van der Waals surface area contributed by atoms with Crippen LogP contribution in [-0.4, -0.2) is 26.5 Å². The summed E-state index contributed by atoms with van der Waals surface area (Å²) in [5.41, 5.74) is 4.16. The van der Waals surface area contributed by atoms with Crippen molar-refractivity contribution in [3.63, 3.8) is 0 Å². The molecule has 0 atom stereocenters. The smallest absolute Gasteiger partial charge is 0.168 e. The van der Waals surface area contributed by atoms with Gasteiger partial charge in [-0.2, -0.15) is 0 Å². The summed E-state index contributed by atoms with van der Waals surface area (Å²) in [6.07, 6.45) is 2.79. The van der Waals surface area contributed by atoms with E-state index in [0.717, 1.165) is 22.2 Å². The van der Waals surface area contributed by atoms with Gasteiger partial charge in [0, 0.05) is 30.0 Å². The number of halogens is 2. The standard InChI is InChI=1S/C27H25Cl2N3O2/c1-27(2,3)25(34)11-6-16-4-8-20(29)19(12-16)24(33)14-17-5-9-21-23(13-17)32-26(31-21)22-10-7-18(28)15-30-22/h4-5,7-10,12-13,15H,6,11,14H2,1-3H3,(H,31,32). The second-order valence-corrected chi connectivity index (χ2v) is 10.2. The van der Waals surface area contributed by atoms with Crippen molar-refractivity contribution in [3.8, 4) is 11.5 Å². The van der Waals surface area contributed by atoms with Crippen LogP contribution in [0.2, 0.25) is 10.0 Å². The van der Waals surface area contributed by atoms with Gasteiger partial charge in [0.15, 0.2) is 11.6 Å². The van der Waals surface area contributed by atoms with E-state index < -0.39 is 0 Å². The summed E-state index contributed by atoms with van der Waals surface area (Å²) in [6, 6.07) is 14.7. The Balaban J connectivity index is 1.51. The molecule has 5 nitrogen and oxygen atoms in total. The highest BCUT2D eigenvalue weighted by molar-refractivity contribution is 6.34. The van der Waals surface area contributed by atoms with Crippen LogP contribution in [0.1, 0.15) is 48.7 Å². The summed E-state index contributed by atoms with van der Waals surface area (Å²) in [5.74, 6) is 0.750. The van der Waals surface area contributed by atoms with Crippen LogP contribution >= 0.6 is 23.2 Å². The number of ketones is 2. The molecule has 2 heterocycles. The third-order valence-electron chi connectivity index (χ3n) is 5.69. The first-order chi connectivity index (χ1) is 16.1. The highest BCUT2D eigenvalue weighted by Gasteiger charge is 2.21. The zero-order valence-electron chi connectivity index (χ0n) is 19.3. The maximum Gasteiger partial charge on any atom is 0.168 e. The Morgan fingerprint density at radius 1 is 0.971 bits per heavy atom. The van der Waals surface area contributed by atoms with Crippen LogP contribution in [0.5, 0.6) is 0 Å². The lowest BCUT2D eigenvalue weighted by atomic mass is 9.87. The fraction of sp³-hybridized carbons (Fsp3) is 0.259. The van der Waals surface area contributed by atoms with Crippen molar-refractivity contribution in [2.75, 3.05) is 0 Å². The van der Waals surface area contributed by atoms with E-state index in [9.17, 15) is 9.59 Å². The van der Waals surface area contributed by atoms with Gasteiger partial charge in [0.2, 0.25) is 0 Å². The predicted octanol–water partition coefficient (Wildman–Crippen LogP) is 6.90. The van der Waals surface area contributed by atoms with Crippen molar-refractivity contribution in [1.82, 2.24) is 15.0 Å². The monoisotopic (exact) mass is 493 g/mol. The molecule has 0 radical (unpaired) electrons.